The number of carboxylic acid groups (broad SMARTS) is 1. The summed E-state index contributed by atoms with van der Waals surface area (Å²) in [5, 5.41) is 9.29. The fourth-order valence-electron chi connectivity index (χ4n) is 4.50. The minimum atomic E-state index is -0.983. The molecule has 6 nitrogen and oxygen atoms in total. The summed E-state index contributed by atoms with van der Waals surface area (Å²) in [4.78, 5) is 25.9. The van der Waals surface area contributed by atoms with Crippen molar-refractivity contribution < 1.29 is 19.4 Å². The van der Waals surface area contributed by atoms with Crippen LogP contribution in [0.5, 0.6) is 5.75 Å². The number of aromatic carboxylic acids is 1. The normalized spacial score (nSPS) is 13.9. The van der Waals surface area contributed by atoms with Crippen molar-refractivity contribution in [3.05, 3.63) is 89.5 Å². The van der Waals surface area contributed by atoms with Gasteiger partial charge in [0.15, 0.2) is 12.4 Å². The molecule has 0 atom stereocenters. The van der Waals surface area contributed by atoms with Gasteiger partial charge in [0, 0.05) is 18.2 Å². The molecule has 0 saturated heterocycles. The Labute approximate surface area is 200 Å². The van der Waals surface area contributed by atoms with Gasteiger partial charge in [0.1, 0.15) is 5.75 Å². The highest BCUT2D eigenvalue weighted by Crippen LogP contribution is 2.33. The van der Waals surface area contributed by atoms with Gasteiger partial charge < -0.3 is 20.5 Å². The lowest BCUT2D eigenvalue weighted by atomic mass is 9.93. The van der Waals surface area contributed by atoms with Crippen molar-refractivity contribution in [3.8, 4) is 5.75 Å². The number of hydrogen-bond acceptors (Lipinski definition) is 5. The monoisotopic (exact) mass is 458 g/mol. The van der Waals surface area contributed by atoms with Crippen LogP contribution in [0.1, 0.15) is 58.4 Å². The van der Waals surface area contributed by atoms with Gasteiger partial charge in [-0.1, -0.05) is 61.7 Å². The molecule has 0 amide bonds. The topological polar surface area (TPSA) is 92.9 Å². The molecule has 3 N–H and O–H groups in total. The van der Waals surface area contributed by atoms with Crippen molar-refractivity contribution in [2.45, 2.75) is 44.7 Å². The Balaban J connectivity index is 1.47. The Bertz CT molecular complexity index is 1120. The van der Waals surface area contributed by atoms with Crippen molar-refractivity contribution >= 4 is 23.1 Å². The molecule has 4 rings (SSSR count). The Morgan fingerprint density at radius 3 is 2.26 bits per heavy atom. The largest absolute Gasteiger partial charge is 0.485 e. The van der Waals surface area contributed by atoms with Crippen molar-refractivity contribution in [1.82, 2.24) is 0 Å². The zero-order valence-electron chi connectivity index (χ0n) is 19.2. The van der Waals surface area contributed by atoms with E-state index in [1.165, 1.54) is 25.3 Å². The fraction of sp³-hybridized carbons (Fsp3) is 0.286. The molecule has 1 aliphatic carbocycles. The maximum atomic E-state index is 12.3. The van der Waals surface area contributed by atoms with Crippen LogP contribution in [0.15, 0.2) is 72.8 Å². The third kappa shape index (κ3) is 5.76. The first-order valence-corrected chi connectivity index (χ1v) is 11.7. The van der Waals surface area contributed by atoms with E-state index < -0.39 is 5.97 Å². The second-order valence-corrected chi connectivity index (χ2v) is 8.72. The maximum absolute atomic E-state index is 12.3. The van der Waals surface area contributed by atoms with Crippen LogP contribution in [-0.4, -0.2) is 29.5 Å². The van der Waals surface area contributed by atoms with E-state index in [0.717, 1.165) is 24.1 Å². The van der Waals surface area contributed by atoms with Crippen LogP contribution >= 0.6 is 0 Å². The number of carboxylic acids is 1. The molecule has 1 saturated carbocycles. The number of carbonyl (C=O) groups excluding carboxylic acids is 1. The minimum absolute atomic E-state index is 0.00990. The van der Waals surface area contributed by atoms with Gasteiger partial charge in [-0.15, -0.1) is 0 Å². The number of benzene rings is 3. The molecule has 0 bridgehead atoms. The first-order valence-electron chi connectivity index (χ1n) is 11.7. The van der Waals surface area contributed by atoms with Crippen LogP contribution in [-0.2, 0) is 6.54 Å². The van der Waals surface area contributed by atoms with Crippen molar-refractivity contribution in [3.63, 3.8) is 0 Å². The summed E-state index contributed by atoms with van der Waals surface area (Å²) in [6.07, 6.45) is 5.77. The standard InChI is InChI=1S/C28H30N2O4/c29-25-17-22(28(32)33)13-16-26(25)30(23-9-5-2-6-10-23)18-20-11-14-24(15-12-20)34-19-27(31)21-7-3-1-4-8-21/h1,3-4,7-8,11-17,23H,2,5-6,9-10,18-19,29H2,(H,32,33). The van der Waals surface area contributed by atoms with E-state index in [1.807, 2.05) is 48.5 Å². The number of ketones is 1. The first-order chi connectivity index (χ1) is 16.5. The molecular formula is C28H30N2O4. The van der Waals surface area contributed by atoms with Crippen LogP contribution in [0.25, 0.3) is 0 Å². The number of carbonyl (C=O) groups is 2. The minimum Gasteiger partial charge on any atom is -0.485 e. The molecule has 3 aromatic rings. The number of ether oxygens (including phenoxy) is 1. The van der Waals surface area contributed by atoms with E-state index in [-0.39, 0.29) is 18.0 Å². The summed E-state index contributed by atoms with van der Waals surface area (Å²) >= 11 is 0. The van der Waals surface area contributed by atoms with Crippen LogP contribution in [0, 0.1) is 0 Å². The Kier molecular flexibility index (Phi) is 7.48. The average Bonchev–Trinajstić information content (AvgIpc) is 2.87. The summed E-state index contributed by atoms with van der Waals surface area (Å²) in [5.41, 5.74) is 9.56. The molecule has 3 aromatic carbocycles. The molecule has 0 spiro atoms. The van der Waals surface area contributed by atoms with Gasteiger partial charge in [-0.05, 0) is 48.7 Å². The van der Waals surface area contributed by atoms with Crippen LogP contribution in [0.3, 0.4) is 0 Å². The van der Waals surface area contributed by atoms with E-state index in [4.69, 9.17) is 10.5 Å². The highest BCUT2D eigenvalue weighted by molar-refractivity contribution is 5.97. The van der Waals surface area contributed by atoms with Crippen molar-refractivity contribution in [2.24, 2.45) is 0 Å². The maximum Gasteiger partial charge on any atom is 0.335 e. The van der Waals surface area contributed by atoms with Crippen LogP contribution in [0.4, 0.5) is 11.4 Å². The molecule has 176 valence electrons. The average molecular weight is 459 g/mol. The van der Waals surface area contributed by atoms with Gasteiger partial charge >= 0.3 is 5.97 Å². The molecule has 0 aromatic heterocycles. The lowest BCUT2D eigenvalue weighted by Gasteiger charge is -2.37. The lowest BCUT2D eigenvalue weighted by Crippen LogP contribution is -2.36. The van der Waals surface area contributed by atoms with E-state index in [9.17, 15) is 14.7 Å². The molecule has 6 heteroatoms. The van der Waals surface area contributed by atoms with Gasteiger partial charge in [0.2, 0.25) is 0 Å². The Morgan fingerprint density at radius 1 is 0.912 bits per heavy atom. The first kappa shape index (κ1) is 23.4. The number of rotatable bonds is 9. The van der Waals surface area contributed by atoms with Crippen molar-refractivity contribution in [1.29, 1.82) is 0 Å². The predicted octanol–water partition coefficient (Wildman–Crippen LogP) is 5.57. The summed E-state index contributed by atoms with van der Waals surface area (Å²) in [6.45, 7) is 0.647. The highest BCUT2D eigenvalue weighted by Gasteiger charge is 2.24. The number of nitrogen functional groups attached to an aromatic ring is 1. The van der Waals surface area contributed by atoms with Gasteiger partial charge in [-0.2, -0.15) is 0 Å². The van der Waals surface area contributed by atoms with Crippen LogP contribution in [0.2, 0.25) is 0 Å². The SMILES string of the molecule is Nc1cc(C(=O)O)ccc1N(Cc1ccc(OCC(=O)c2ccccc2)cc1)C1CCCCC1. The van der Waals surface area contributed by atoms with E-state index in [1.54, 1.807) is 18.2 Å². The third-order valence-electron chi connectivity index (χ3n) is 6.34. The van der Waals surface area contributed by atoms with E-state index in [2.05, 4.69) is 4.90 Å². The van der Waals surface area contributed by atoms with Gasteiger partial charge in [-0.25, -0.2) is 4.79 Å². The van der Waals surface area contributed by atoms with Crippen molar-refractivity contribution in [2.75, 3.05) is 17.2 Å². The molecule has 1 fully saturated rings. The molecule has 34 heavy (non-hydrogen) atoms. The van der Waals surface area contributed by atoms with Crippen LogP contribution < -0.4 is 15.4 Å². The summed E-state index contributed by atoms with van der Waals surface area (Å²) < 4.78 is 5.70. The molecule has 0 unspecified atom stereocenters. The summed E-state index contributed by atoms with van der Waals surface area (Å²) in [5.74, 6) is -0.403. The third-order valence-corrected chi connectivity index (χ3v) is 6.34. The Hall–Kier alpha value is -3.80. The second kappa shape index (κ2) is 10.9. The number of nitrogens with two attached hydrogens (primary N) is 1. The lowest BCUT2D eigenvalue weighted by molar-refractivity contribution is 0.0696. The van der Waals surface area contributed by atoms with Gasteiger partial charge in [0.05, 0.1) is 16.9 Å². The smallest absolute Gasteiger partial charge is 0.335 e. The second-order valence-electron chi connectivity index (χ2n) is 8.72. The number of anilines is 2. The number of hydrogen-bond donors (Lipinski definition) is 2. The predicted molar refractivity (Wildman–Crippen MR) is 134 cm³/mol. The van der Waals surface area contributed by atoms with E-state index >= 15 is 0 Å². The molecule has 0 heterocycles. The Morgan fingerprint density at radius 2 is 1.62 bits per heavy atom. The molecular weight excluding hydrogens is 428 g/mol. The fourth-order valence-corrected chi connectivity index (χ4v) is 4.50. The molecule has 1 aliphatic rings. The number of nitrogens with zero attached hydrogens (tertiary/aromatic N) is 1. The van der Waals surface area contributed by atoms with Gasteiger partial charge in [0.25, 0.3) is 0 Å². The molecule has 0 aliphatic heterocycles. The van der Waals surface area contributed by atoms with Gasteiger partial charge in [-0.3, -0.25) is 4.79 Å². The van der Waals surface area contributed by atoms with E-state index in [0.29, 0.717) is 29.6 Å². The summed E-state index contributed by atoms with van der Waals surface area (Å²) in [7, 11) is 0. The molecule has 0 radical (unpaired) electrons. The highest BCUT2D eigenvalue weighted by atomic mass is 16.5. The zero-order chi connectivity index (χ0) is 23.9. The number of Topliss-reactive ketones (excluding diaryl/α,β-unsaturated/α-hetero) is 1. The summed E-state index contributed by atoms with van der Waals surface area (Å²) in [6, 6.07) is 22.2. The zero-order valence-corrected chi connectivity index (χ0v) is 19.2. The quantitative estimate of drug-likeness (QED) is 0.322.